The summed E-state index contributed by atoms with van der Waals surface area (Å²) in [4.78, 5) is 42.1. The Morgan fingerprint density at radius 1 is 0.968 bits per heavy atom. The normalized spacial score (nSPS) is 10.8. The molecule has 4 rings (SSSR count). The van der Waals surface area contributed by atoms with Crippen LogP contribution in [0.4, 0.5) is 22.2 Å². The number of aromatic hydroxyl groups is 1. The zero-order valence-corrected chi connectivity index (χ0v) is 17.4. The van der Waals surface area contributed by atoms with Gasteiger partial charge in [-0.3, -0.25) is 14.4 Å². The molecule has 4 aromatic rings. The van der Waals surface area contributed by atoms with Gasteiger partial charge in [-0.15, -0.1) is 0 Å². The largest absolute Gasteiger partial charge is 0.505 e. The minimum atomic E-state index is -0.737. The number of aromatic nitrogens is 2. The van der Waals surface area contributed by atoms with Crippen LogP contribution in [0, 0.1) is 0 Å². The Balaban J connectivity index is 1.60. The molecule has 31 heavy (non-hydrogen) atoms. The van der Waals surface area contributed by atoms with E-state index < -0.39 is 16.8 Å². The van der Waals surface area contributed by atoms with E-state index in [1.54, 1.807) is 20.2 Å². The molecule has 0 atom stereocenters. The smallest absolute Gasteiger partial charge is 0.257 e. The van der Waals surface area contributed by atoms with Crippen molar-refractivity contribution in [1.82, 2.24) is 14.3 Å². The molecule has 0 aliphatic rings. The maximum Gasteiger partial charge on any atom is 0.257 e. The molecule has 9 nitrogen and oxygen atoms in total. The van der Waals surface area contributed by atoms with E-state index in [0.717, 1.165) is 17.1 Å². The molecule has 0 saturated heterocycles. The van der Waals surface area contributed by atoms with Crippen LogP contribution >= 0.6 is 11.5 Å². The summed E-state index contributed by atoms with van der Waals surface area (Å²) < 4.78 is 4.26. The third-order valence-electron chi connectivity index (χ3n) is 4.53. The lowest BCUT2D eigenvalue weighted by atomic mass is 10.1. The van der Waals surface area contributed by atoms with Crippen LogP contribution in [0.3, 0.4) is 0 Å². The third kappa shape index (κ3) is 3.76. The van der Waals surface area contributed by atoms with Gasteiger partial charge >= 0.3 is 0 Å². The summed E-state index contributed by atoms with van der Waals surface area (Å²) >= 11 is 1.05. The van der Waals surface area contributed by atoms with Gasteiger partial charge in [-0.05, 0) is 12.1 Å². The van der Waals surface area contributed by atoms with Crippen LogP contribution in [-0.2, 0) is 0 Å². The number of benzene rings is 2. The first-order valence-corrected chi connectivity index (χ1v) is 9.94. The zero-order valence-electron chi connectivity index (χ0n) is 16.5. The van der Waals surface area contributed by atoms with E-state index in [0.29, 0.717) is 11.0 Å². The molecule has 156 valence electrons. The van der Waals surface area contributed by atoms with Crippen molar-refractivity contribution in [1.29, 1.82) is 0 Å². The van der Waals surface area contributed by atoms with Gasteiger partial charge in [0.05, 0.1) is 11.3 Å². The maximum absolute atomic E-state index is 12.2. The molecule has 3 N–H and O–H groups in total. The Hall–Kier alpha value is -4.05. The first-order valence-electron chi connectivity index (χ1n) is 9.17. The highest BCUT2D eigenvalue weighted by atomic mass is 32.1. The fourth-order valence-corrected chi connectivity index (χ4v) is 3.50. The SMILES string of the molecule is CN(C)C(=O)c1cccc(Nc2c(Nc3nc(-c4ccccc4)ns3)c(=O)c2=O)c1O. The Kier molecular flexibility index (Phi) is 5.22. The predicted octanol–water partition coefficient (Wildman–Crippen LogP) is 2.70. The van der Waals surface area contributed by atoms with E-state index in [1.165, 1.54) is 17.0 Å². The molecule has 1 aromatic heterocycles. The number of nitrogens with one attached hydrogen (secondary N) is 2. The van der Waals surface area contributed by atoms with Gasteiger partial charge in [0.1, 0.15) is 11.4 Å². The van der Waals surface area contributed by atoms with Crippen LogP contribution in [0.15, 0.2) is 58.1 Å². The van der Waals surface area contributed by atoms with Gasteiger partial charge in [-0.1, -0.05) is 36.4 Å². The van der Waals surface area contributed by atoms with E-state index >= 15 is 0 Å². The quantitative estimate of drug-likeness (QED) is 0.312. The lowest BCUT2D eigenvalue weighted by molar-refractivity contribution is 0.0824. The van der Waals surface area contributed by atoms with E-state index in [1.807, 2.05) is 30.3 Å². The highest BCUT2D eigenvalue weighted by molar-refractivity contribution is 7.10. The summed E-state index contributed by atoms with van der Waals surface area (Å²) in [5, 5.41) is 16.4. The number of phenols is 1. The Labute approximate surface area is 180 Å². The Bertz CT molecular complexity index is 1340. The molecule has 0 radical (unpaired) electrons. The minimum absolute atomic E-state index is 0.0181. The molecular weight excluding hydrogens is 418 g/mol. The molecule has 0 aliphatic carbocycles. The van der Waals surface area contributed by atoms with E-state index in [2.05, 4.69) is 20.0 Å². The van der Waals surface area contributed by atoms with Crippen molar-refractivity contribution >= 4 is 39.6 Å². The second-order valence-corrected chi connectivity index (χ2v) is 7.60. The topological polar surface area (TPSA) is 125 Å². The fourth-order valence-electron chi connectivity index (χ4n) is 2.91. The van der Waals surface area contributed by atoms with Crippen molar-refractivity contribution in [3.63, 3.8) is 0 Å². The molecule has 0 saturated carbocycles. The predicted molar refractivity (Wildman–Crippen MR) is 119 cm³/mol. The van der Waals surface area contributed by atoms with Crippen LogP contribution < -0.4 is 21.5 Å². The number of nitrogens with zero attached hydrogens (tertiary/aromatic N) is 3. The monoisotopic (exact) mass is 435 g/mol. The third-order valence-corrected chi connectivity index (χ3v) is 5.16. The summed E-state index contributed by atoms with van der Waals surface area (Å²) in [5.41, 5.74) is -0.430. The van der Waals surface area contributed by atoms with Gasteiger partial charge in [0.25, 0.3) is 16.8 Å². The number of carbonyl (C=O) groups excluding carboxylic acids is 1. The molecule has 1 heterocycles. The number of amides is 1. The van der Waals surface area contributed by atoms with Crippen LogP contribution in [0.2, 0.25) is 0 Å². The van der Waals surface area contributed by atoms with Gasteiger partial charge in [0.15, 0.2) is 11.6 Å². The first kappa shape index (κ1) is 20.2. The van der Waals surface area contributed by atoms with Crippen molar-refractivity contribution in [2.24, 2.45) is 0 Å². The van der Waals surface area contributed by atoms with Crippen LogP contribution in [-0.4, -0.2) is 39.4 Å². The molecule has 0 fully saturated rings. The summed E-state index contributed by atoms with van der Waals surface area (Å²) in [6.45, 7) is 0. The van der Waals surface area contributed by atoms with Crippen molar-refractivity contribution in [2.45, 2.75) is 0 Å². The number of para-hydroxylation sites is 1. The second kappa shape index (κ2) is 8.00. The van der Waals surface area contributed by atoms with Crippen molar-refractivity contribution < 1.29 is 9.90 Å². The molecule has 0 aliphatic heterocycles. The highest BCUT2D eigenvalue weighted by Gasteiger charge is 2.24. The molecule has 1 amide bonds. The molecule has 10 heteroatoms. The van der Waals surface area contributed by atoms with Crippen LogP contribution in [0.25, 0.3) is 11.4 Å². The van der Waals surface area contributed by atoms with Gasteiger partial charge in [-0.25, -0.2) is 0 Å². The van der Waals surface area contributed by atoms with Gasteiger partial charge in [0.2, 0.25) is 5.13 Å². The summed E-state index contributed by atoms with van der Waals surface area (Å²) in [7, 11) is 3.12. The number of rotatable bonds is 6. The number of anilines is 4. The van der Waals surface area contributed by atoms with Crippen molar-refractivity contribution in [2.75, 3.05) is 24.7 Å². The van der Waals surface area contributed by atoms with Crippen LogP contribution in [0.1, 0.15) is 10.4 Å². The minimum Gasteiger partial charge on any atom is -0.505 e. The zero-order chi connectivity index (χ0) is 22.1. The molecular formula is C21H17N5O4S. The summed E-state index contributed by atoms with van der Waals surface area (Å²) in [6.07, 6.45) is 0. The standard InChI is InChI=1S/C21H17N5O4S/c1-26(2)20(30)12-9-6-10-13(16(12)27)22-14-15(18(29)17(14)28)23-21-24-19(25-31-21)11-7-4-3-5-8-11/h3-10,22,27H,1-2H3,(H,23,24,25). The van der Waals surface area contributed by atoms with Crippen molar-refractivity contribution in [3.05, 3.63) is 74.5 Å². The lowest BCUT2D eigenvalue weighted by Crippen LogP contribution is -2.35. The Morgan fingerprint density at radius 2 is 1.65 bits per heavy atom. The van der Waals surface area contributed by atoms with Gasteiger partial charge in [0, 0.05) is 31.2 Å². The van der Waals surface area contributed by atoms with E-state index in [9.17, 15) is 19.5 Å². The number of carbonyl (C=O) groups is 1. The van der Waals surface area contributed by atoms with E-state index in [-0.39, 0.29) is 28.4 Å². The first-order chi connectivity index (χ1) is 14.9. The van der Waals surface area contributed by atoms with Crippen LogP contribution in [0.5, 0.6) is 5.75 Å². The number of phenolic OH excluding ortho intramolecular Hbond substituents is 1. The summed E-state index contributed by atoms with van der Waals surface area (Å²) in [6, 6.07) is 13.9. The van der Waals surface area contributed by atoms with Gasteiger partial charge in [-0.2, -0.15) is 9.36 Å². The number of hydrogen-bond acceptors (Lipinski definition) is 9. The molecule has 0 bridgehead atoms. The van der Waals surface area contributed by atoms with Gasteiger partial charge < -0.3 is 20.6 Å². The average Bonchev–Trinajstić information content (AvgIpc) is 3.25. The lowest BCUT2D eigenvalue weighted by Gasteiger charge is -2.17. The average molecular weight is 435 g/mol. The maximum atomic E-state index is 12.2. The second-order valence-electron chi connectivity index (χ2n) is 6.85. The highest BCUT2D eigenvalue weighted by Crippen LogP contribution is 2.33. The Morgan fingerprint density at radius 3 is 2.32 bits per heavy atom. The molecule has 0 unspecified atom stereocenters. The van der Waals surface area contributed by atoms with E-state index in [4.69, 9.17) is 0 Å². The fraction of sp³-hybridized carbons (Fsp3) is 0.0952. The van der Waals surface area contributed by atoms with Crippen molar-refractivity contribution in [3.8, 4) is 17.1 Å². The molecule has 0 spiro atoms. The summed E-state index contributed by atoms with van der Waals surface area (Å²) in [5.74, 6) is -0.219. The molecule has 3 aromatic carbocycles. The number of hydrogen-bond donors (Lipinski definition) is 3.